The summed E-state index contributed by atoms with van der Waals surface area (Å²) in [4.78, 5) is 16.0. The van der Waals surface area contributed by atoms with Crippen LogP contribution in [0.1, 0.15) is 5.56 Å². The second-order valence-electron chi connectivity index (χ2n) is 3.95. The molecule has 1 aromatic carbocycles. The number of pyridine rings is 1. The largest absolute Gasteiger partial charge is 0.397 e. The lowest BCUT2D eigenvalue weighted by Gasteiger charge is -2.07. The van der Waals surface area contributed by atoms with Crippen LogP contribution in [0.25, 0.3) is 0 Å². The molecule has 0 aliphatic rings. The summed E-state index contributed by atoms with van der Waals surface area (Å²) in [6, 6.07) is 9.30. The Balaban J connectivity index is 2.03. The molecule has 1 heterocycles. The van der Waals surface area contributed by atoms with Gasteiger partial charge in [-0.25, -0.2) is 4.98 Å². The van der Waals surface area contributed by atoms with Gasteiger partial charge in [0, 0.05) is 4.47 Å². The van der Waals surface area contributed by atoms with Crippen LogP contribution < -0.4 is 11.1 Å². The van der Waals surface area contributed by atoms with Gasteiger partial charge < -0.3 is 11.1 Å². The molecule has 0 atom stereocenters. The molecule has 2 aromatic rings. The summed E-state index contributed by atoms with van der Waals surface area (Å²) in [7, 11) is 0. The lowest BCUT2D eigenvalue weighted by molar-refractivity contribution is -0.115. The lowest BCUT2D eigenvalue weighted by Crippen LogP contribution is -2.15. The molecule has 0 saturated heterocycles. The molecule has 1 amide bonds. The Morgan fingerprint density at radius 3 is 2.58 bits per heavy atom. The predicted molar refractivity (Wildman–Crippen MR) is 82.8 cm³/mol. The van der Waals surface area contributed by atoms with Crippen molar-refractivity contribution in [2.24, 2.45) is 0 Å². The van der Waals surface area contributed by atoms with E-state index in [0.29, 0.717) is 22.4 Å². The average Bonchev–Trinajstić information content (AvgIpc) is 2.36. The highest BCUT2D eigenvalue weighted by Crippen LogP contribution is 2.22. The number of hydrogen-bond acceptors (Lipinski definition) is 3. The molecule has 98 valence electrons. The highest BCUT2D eigenvalue weighted by atomic mass is 79.9. The van der Waals surface area contributed by atoms with Crippen molar-refractivity contribution in [3.63, 3.8) is 0 Å². The summed E-state index contributed by atoms with van der Waals surface area (Å²) >= 11 is 6.66. The number of aromatic nitrogens is 1. The Morgan fingerprint density at radius 1 is 1.26 bits per heavy atom. The minimum atomic E-state index is -0.125. The van der Waals surface area contributed by atoms with Crippen molar-refractivity contribution < 1.29 is 4.79 Å². The van der Waals surface area contributed by atoms with Gasteiger partial charge in [-0.2, -0.15) is 0 Å². The Kier molecular flexibility index (Phi) is 4.55. The second-order valence-corrected chi connectivity index (χ2v) is 5.72. The molecule has 0 spiro atoms. The van der Waals surface area contributed by atoms with Gasteiger partial charge in [0.1, 0.15) is 5.82 Å². The van der Waals surface area contributed by atoms with Crippen LogP contribution in [0.4, 0.5) is 11.5 Å². The van der Waals surface area contributed by atoms with Crippen LogP contribution in [-0.4, -0.2) is 10.9 Å². The summed E-state index contributed by atoms with van der Waals surface area (Å²) in [5, 5.41) is 2.74. The van der Waals surface area contributed by atoms with E-state index in [9.17, 15) is 4.79 Å². The smallest absolute Gasteiger partial charge is 0.229 e. The Bertz CT molecular complexity index is 599. The van der Waals surface area contributed by atoms with Crippen molar-refractivity contribution in [2.45, 2.75) is 6.42 Å². The van der Waals surface area contributed by atoms with Crippen LogP contribution in [-0.2, 0) is 11.2 Å². The van der Waals surface area contributed by atoms with E-state index < -0.39 is 0 Å². The number of halogens is 2. The van der Waals surface area contributed by atoms with Crippen molar-refractivity contribution >= 4 is 49.3 Å². The topological polar surface area (TPSA) is 68.0 Å². The van der Waals surface area contributed by atoms with Gasteiger partial charge in [0.2, 0.25) is 5.91 Å². The van der Waals surface area contributed by atoms with Gasteiger partial charge in [0.05, 0.1) is 22.8 Å². The fourth-order valence-corrected chi connectivity index (χ4v) is 2.24. The number of hydrogen-bond donors (Lipinski definition) is 2. The minimum Gasteiger partial charge on any atom is -0.397 e. The average molecular weight is 385 g/mol. The molecule has 0 fully saturated rings. The molecule has 6 heteroatoms. The number of carbonyl (C=O) groups excluding carboxylic acids is 1. The minimum absolute atomic E-state index is 0.125. The van der Waals surface area contributed by atoms with Gasteiger partial charge in [0.15, 0.2) is 0 Å². The van der Waals surface area contributed by atoms with E-state index in [1.807, 2.05) is 24.3 Å². The highest BCUT2D eigenvalue weighted by Gasteiger charge is 2.08. The summed E-state index contributed by atoms with van der Waals surface area (Å²) in [6.45, 7) is 0. The Labute approximate surface area is 127 Å². The Hall–Kier alpha value is -1.40. The summed E-state index contributed by atoms with van der Waals surface area (Å²) in [5.74, 6) is 0.344. The second kappa shape index (κ2) is 6.16. The van der Waals surface area contributed by atoms with E-state index in [1.165, 1.54) is 6.20 Å². The predicted octanol–water partition coefficient (Wildman–Crippen LogP) is 3.37. The van der Waals surface area contributed by atoms with Crippen LogP contribution in [0.2, 0.25) is 0 Å². The fraction of sp³-hybridized carbons (Fsp3) is 0.0769. The monoisotopic (exact) mass is 383 g/mol. The number of rotatable bonds is 3. The third kappa shape index (κ3) is 4.04. The number of nitrogens with two attached hydrogens (primary N) is 1. The first kappa shape index (κ1) is 14.0. The number of anilines is 2. The molecule has 0 radical (unpaired) electrons. The molecule has 0 bridgehead atoms. The molecule has 0 unspecified atom stereocenters. The van der Waals surface area contributed by atoms with Gasteiger partial charge >= 0.3 is 0 Å². The molecule has 0 saturated carbocycles. The normalized spacial score (nSPS) is 10.2. The standard InChI is InChI=1S/C13H11Br2N3O/c14-9-3-1-8(2-4-9)5-12(19)18-13-11(15)6-10(16)7-17-13/h1-4,6-7H,5,16H2,(H,17,18,19). The quantitative estimate of drug-likeness (QED) is 0.852. The molecule has 19 heavy (non-hydrogen) atoms. The molecule has 0 aliphatic heterocycles. The zero-order chi connectivity index (χ0) is 13.8. The number of nitrogen functional groups attached to an aromatic ring is 1. The molecule has 0 aliphatic carbocycles. The van der Waals surface area contributed by atoms with E-state index in [1.54, 1.807) is 6.07 Å². The number of carbonyl (C=O) groups is 1. The molecule has 1 aromatic heterocycles. The van der Waals surface area contributed by atoms with E-state index in [0.717, 1.165) is 10.0 Å². The van der Waals surface area contributed by atoms with Gasteiger partial charge in [-0.1, -0.05) is 28.1 Å². The number of nitrogens with zero attached hydrogens (tertiary/aromatic N) is 1. The van der Waals surface area contributed by atoms with Gasteiger partial charge in [0.25, 0.3) is 0 Å². The maximum atomic E-state index is 11.9. The summed E-state index contributed by atoms with van der Waals surface area (Å²) in [5.41, 5.74) is 7.06. The number of nitrogens with one attached hydrogen (secondary N) is 1. The van der Waals surface area contributed by atoms with Crippen molar-refractivity contribution in [1.29, 1.82) is 0 Å². The Morgan fingerprint density at radius 2 is 1.95 bits per heavy atom. The maximum absolute atomic E-state index is 11.9. The van der Waals surface area contributed by atoms with Crippen LogP contribution in [0.15, 0.2) is 45.5 Å². The van der Waals surface area contributed by atoms with Crippen LogP contribution >= 0.6 is 31.9 Å². The van der Waals surface area contributed by atoms with Crippen LogP contribution in [0.3, 0.4) is 0 Å². The third-order valence-corrected chi connectivity index (χ3v) is 3.53. The zero-order valence-corrected chi connectivity index (χ0v) is 13.0. The molecular formula is C13H11Br2N3O. The first-order chi connectivity index (χ1) is 9.04. The molecule has 2 rings (SSSR count). The summed E-state index contributed by atoms with van der Waals surface area (Å²) < 4.78 is 1.65. The molecule has 3 N–H and O–H groups in total. The number of benzene rings is 1. The van der Waals surface area contributed by atoms with Gasteiger partial charge in [-0.3, -0.25) is 4.79 Å². The SMILES string of the molecule is Nc1cnc(NC(=O)Cc2ccc(Br)cc2)c(Br)c1. The number of amides is 1. The highest BCUT2D eigenvalue weighted by molar-refractivity contribution is 9.10. The van der Waals surface area contributed by atoms with Crippen molar-refractivity contribution in [2.75, 3.05) is 11.1 Å². The first-order valence-electron chi connectivity index (χ1n) is 5.50. The van der Waals surface area contributed by atoms with Crippen molar-refractivity contribution in [1.82, 2.24) is 4.98 Å². The van der Waals surface area contributed by atoms with Crippen molar-refractivity contribution in [3.8, 4) is 0 Å². The first-order valence-corrected chi connectivity index (χ1v) is 7.08. The maximum Gasteiger partial charge on any atom is 0.229 e. The lowest BCUT2D eigenvalue weighted by atomic mass is 10.1. The third-order valence-electron chi connectivity index (χ3n) is 2.40. The van der Waals surface area contributed by atoms with Gasteiger partial charge in [-0.05, 0) is 39.7 Å². The summed E-state index contributed by atoms with van der Waals surface area (Å²) in [6.07, 6.45) is 1.80. The fourth-order valence-electron chi connectivity index (χ4n) is 1.51. The van der Waals surface area contributed by atoms with Gasteiger partial charge in [-0.15, -0.1) is 0 Å². The van der Waals surface area contributed by atoms with Crippen LogP contribution in [0, 0.1) is 0 Å². The molecule has 4 nitrogen and oxygen atoms in total. The zero-order valence-electron chi connectivity index (χ0n) is 9.86. The van der Waals surface area contributed by atoms with E-state index in [-0.39, 0.29) is 5.91 Å². The van der Waals surface area contributed by atoms with E-state index >= 15 is 0 Å². The van der Waals surface area contributed by atoms with Crippen molar-refractivity contribution in [3.05, 3.63) is 51.0 Å². The molecular weight excluding hydrogens is 374 g/mol. The van der Waals surface area contributed by atoms with E-state index in [2.05, 4.69) is 42.2 Å². The van der Waals surface area contributed by atoms with E-state index in [4.69, 9.17) is 5.73 Å². The van der Waals surface area contributed by atoms with Crippen LogP contribution in [0.5, 0.6) is 0 Å².